The van der Waals surface area contributed by atoms with Gasteiger partial charge >= 0.3 is 12.1 Å². The van der Waals surface area contributed by atoms with Crippen molar-refractivity contribution in [2.24, 2.45) is 0 Å². The molecule has 0 unspecified atom stereocenters. The van der Waals surface area contributed by atoms with Crippen molar-refractivity contribution in [1.29, 1.82) is 0 Å². The van der Waals surface area contributed by atoms with E-state index >= 15 is 0 Å². The summed E-state index contributed by atoms with van der Waals surface area (Å²) in [5.74, 6) is -0.0279. The molecule has 2 rings (SSSR count). The van der Waals surface area contributed by atoms with Crippen LogP contribution in [0.4, 0.5) is 4.79 Å². The average molecular weight is 299 g/mol. The number of carbonyl (C=O) groups excluding carboxylic acids is 2. The number of benzene rings is 2. The molecule has 0 aliphatic heterocycles. The van der Waals surface area contributed by atoms with E-state index in [2.05, 4.69) is 11.9 Å². The molecule has 22 heavy (non-hydrogen) atoms. The molecule has 0 radical (unpaired) electrons. The van der Waals surface area contributed by atoms with Crippen LogP contribution in [-0.4, -0.2) is 25.2 Å². The summed E-state index contributed by atoms with van der Waals surface area (Å²) in [6, 6.07) is 13.2. The van der Waals surface area contributed by atoms with Crippen LogP contribution in [0.15, 0.2) is 54.6 Å². The summed E-state index contributed by atoms with van der Waals surface area (Å²) in [6.45, 7) is 5.26. The van der Waals surface area contributed by atoms with Crippen molar-refractivity contribution in [1.82, 2.24) is 5.32 Å². The van der Waals surface area contributed by atoms with Crippen LogP contribution in [0.3, 0.4) is 0 Å². The number of esters is 1. The molecule has 2 aromatic carbocycles. The molecule has 0 saturated carbocycles. The molecule has 5 nitrogen and oxygen atoms in total. The summed E-state index contributed by atoms with van der Waals surface area (Å²) in [5.41, 5.74) is 0.318. The Bertz CT molecular complexity index is 709. The number of ether oxygens (including phenoxy) is 2. The predicted molar refractivity (Wildman–Crippen MR) is 83.7 cm³/mol. The SMILES string of the molecule is C=C(C)C(=O)OCCNC(=O)Oc1ccc2ccccc2c1. The minimum atomic E-state index is -0.596. The Labute approximate surface area is 128 Å². The molecule has 5 heteroatoms. The van der Waals surface area contributed by atoms with E-state index in [1.807, 2.05) is 30.3 Å². The fraction of sp³-hybridized carbons (Fsp3) is 0.176. The molecule has 0 aliphatic carbocycles. The van der Waals surface area contributed by atoms with Crippen LogP contribution in [0.1, 0.15) is 6.92 Å². The lowest BCUT2D eigenvalue weighted by Gasteiger charge is -2.08. The van der Waals surface area contributed by atoms with E-state index < -0.39 is 12.1 Å². The van der Waals surface area contributed by atoms with Gasteiger partial charge in [0.15, 0.2) is 0 Å². The first-order chi connectivity index (χ1) is 10.6. The number of amides is 1. The zero-order chi connectivity index (χ0) is 15.9. The normalized spacial score (nSPS) is 10.0. The van der Waals surface area contributed by atoms with E-state index in [9.17, 15) is 9.59 Å². The summed E-state index contributed by atoms with van der Waals surface area (Å²) >= 11 is 0. The van der Waals surface area contributed by atoms with Crippen molar-refractivity contribution in [3.8, 4) is 5.75 Å². The Balaban J connectivity index is 1.81. The van der Waals surface area contributed by atoms with E-state index in [1.54, 1.807) is 19.1 Å². The molecule has 0 saturated heterocycles. The van der Waals surface area contributed by atoms with Crippen LogP contribution in [0.5, 0.6) is 5.75 Å². The maximum Gasteiger partial charge on any atom is 0.412 e. The Hall–Kier alpha value is -2.82. The number of hydrogen-bond acceptors (Lipinski definition) is 4. The third-order valence-electron chi connectivity index (χ3n) is 2.88. The first-order valence-corrected chi connectivity index (χ1v) is 6.83. The van der Waals surface area contributed by atoms with Crippen molar-refractivity contribution >= 4 is 22.8 Å². The number of fused-ring (bicyclic) bond motifs is 1. The molecule has 2 aromatic rings. The second-order valence-electron chi connectivity index (χ2n) is 4.74. The van der Waals surface area contributed by atoms with Crippen LogP contribution in [0, 0.1) is 0 Å². The molecular formula is C17H17NO4. The van der Waals surface area contributed by atoms with Crippen molar-refractivity contribution in [3.63, 3.8) is 0 Å². The summed E-state index contributed by atoms with van der Waals surface area (Å²) in [4.78, 5) is 22.8. The molecule has 1 N–H and O–H groups in total. The van der Waals surface area contributed by atoms with E-state index in [0.29, 0.717) is 11.3 Å². The molecule has 0 heterocycles. The van der Waals surface area contributed by atoms with E-state index in [4.69, 9.17) is 9.47 Å². The molecule has 0 fully saturated rings. The number of rotatable bonds is 5. The highest BCUT2D eigenvalue weighted by atomic mass is 16.6. The highest BCUT2D eigenvalue weighted by molar-refractivity contribution is 5.87. The Morgan fingerprint density at radius 1 is 1.14 bits per heavy atom. The monoisotopic (exact) mass is 299 g/mol. The molecule has 0 aliphatic rings. The minimum absolute atomic E-state index is 0.0680. The van der Waals surface area contributed by atoms with Crippen LogP contribution in [0.2, 0.25) is 0 Å². The van der Waals surface area contributed by atoms with E-state index in [1.165, 1.54) is 0 Å². The van der Waals surface area contributed by atoms with Crippen LogP contribution < -0.4 is 10.1 Å². The Morgan fingerprint density at radius 3 is 2.59 bits per heavy atom. The van der Waals surface area contributed by atoms with Gasteiger partial charge in [-0.05, 0) is 29.8 Å². The quantitative estimate of drug-likeness (QED) is 0.523. The van der Waals surface area contributed by atoms with E-state index in [0.717, 1.165) is 10.8 Å². The molecule has 0 atom stereocenters. The Kier molecular flexibility index (Phi) is 5.14. The molecule has 114 valence electrons. The van der Waals surface area contributed by atoms with E-state index in [-0.39, 0.29) is 13.2 Å². The largest absolute Gasteiger partial charge is 0.460 e. The second kappa shape index (κ2) is 7.26. The highest BCUT2D eigenvalue weighted by Crippen LogP contribution is 2.20. The van der Waals surface area contributed by atoms with Gasteiger partial charge in [0, 0.05) is 5.57 Å². The van der Waals surface area contributed by atoms with Gasteiger partial charge in [0.05, 0.1) is 6.54 Å². The predicted octanol–water partition coefficient (Wildman–Crippen LogP) is 3.05. The molecular weight excluding hydrogens is 282 g/mol. The summed E-state index contributed by atoms with van der Waals surface area (Å²) in [7, 11) is 0. The topological polar surface area (TPSA) is 64.6 Å². The maximum atomic E-state index is 11.6. The van der Waals surface area contributed by atoms with Crippen molar-refractivity contribution < 1.29 is 19.1 Å². The first kappa shape index (κ1) is 15.6. The Morgan fingerprint density at radius 2 is 1.86 bits per heavy atom. The lowest BCUT2D eigenvalue weighted by atomic mass is 10.1. The van der Waals surface area contributed by atoms with Gasteiger partial charge in [-0.2, -0.15) is 0 Å². The van der Waals surface area contributed by atoms with Gasteiger partial charge in [-0.3, -0.25) is 0 Å². The zero-order valence-corrected chi connectivity index (χ0v) is 12.3. The van der Waals surface area contributed by atoms with Gasteiger partial charge in [0.1, 0.15) is 12.4 Å². The molecule has 0 bridgehead atoms. The third kappa shape index (κ3) is 4.34. The smallest absolute Gasteiger partial charge is 0.412 e. The second-order valence-corrected chi connectivity index (χ2v) is 4.74. The number of nitrogens with one attached hydrogen (secondary N) is 1. The third-order valence-corrected chi connectivity index (χ3v) is 2.88. The maximum absolute atomic E-state index is 11.6. The van der Waals surface area contributed by atoms with Crippen molar-refractivity contribution in [2.45, 2.75) is 6.92 Å². The fourth-order valence-corrected chi connectivity index (χ4v) is 1.79. The number of hydrogen-bond donors (Lipinski definition) is 1. The lowest BCUT2D eigenvalue weighted by Crippen LogP contribution is -2.30. The van der Waals surface area contributed by atoms with Crippen LogP contribution in [-0.2, 0) is 9.53 Å². The van der Waals surface area contributed by atoms with Crippen molar-refractivity contribution in [2.75, 3.05) is 13.2 Å². The zero-order valence-electron chi connectivity index (χ0n) is 12.3. The van der Waals surface area contributed by atoms with Gasteiger partial charge in [0.2, 0.25) is 0 Å². The van der Waals surface area contributed by atoms with Gasteiger partial charge in [-0.15, -0.1) is 0 Å². The number of carbonyl (C=O) groups is 2. The van der Waals surface area contributed by atoms with Crippen molar-refractivity contribution in [3.05, 3.63) is 54.6 Å². The lowest BCUT2D eigenvalue weighted by molar-refractivity contribution is -0.138. The molecule has 1 amide bonds. The summed E-state index contributed by atoms with van der Waals surface area (Å²) in [5, 5.41) is 4.57. The molecule has 0 aromatic heterocycles. The van der Waals surface area contributed by atoms with Gasteiger partial charge < -0.3 is 14.8 Å². The summed E-state index contributed by atoms with van der Waals surface area (Å²) < 4.78 is 10.0. The minimum Gasteiger partial charge on any atom is -0.460 e. The highest BCUT2D eigenvalue weighted by Gasteiger charge is 2.06. The average Bonchev–Trinajstić information content (AvgIpc) is 2.51. The van der Waals surface area contributed by atoms with Crippen LogP contribution in [0.25, 0.3) is 10.8 Å². The van der Waals surface area contributed by atoms with Gasteiger partial charge in [-0.1, -0.05) is 36.9 Å². The van der Waals surface area contributed by atoms with Gasteiger partial charge in [-0.25, -0.2) is 9.59 Å². The fourth-order valence-electron chi connectivity index (χ4n) is 1.79. The van der Waals surface area contributed by atoms with Gasteiger partial charge in [0.25, 0.3) is 0 Å². The first-order valence-electron chi connectivity index (χ1n) is 6.83. The summed E-state index contributed by atoms with van der Waals surface area (Å²) in [6.07, 6.45) is -0.596. The standard InChI is InChI=1S/C17H17NO4/c1-12(2)16(19)21-10-9-18-17(20)22-15-8-7-13-5-3-4-6-14(13)11-15/h3-8,11H,1,9-10H2,2H3,(H,18,20). The molecule has 0 spiro atoms. The van der Waals surface area contributed by atoms with Crippen LogP contribution >= 0.6 is 0 Å².